The van der Waals surface area contributed by atoms with Crippen molar-refractivity contribution in [3.63, 3.8) is 0 Å². The third-order valence-electron chi connectivity index (χ3n) is 4.27. The van der Waals surface area contributed by atoms with Crippen molar-refractivity contribution in [1.29, 1.82) is 0 Å². The van der Waals surface area contributed by atoms with Crippen LogP contribution in [-0.2, 0) is 11.2 Å². The van der Waals surface area contributed by atoms with Crippen LogP contribution in [0.1, 0.15) is 51.5 Å². The number of hydrogen-bond acceptors (Lipinski definition) is 5. The van der Waals surface area contributed by atoms with E-state index in [-0.39, 0.29) is 16.8 Å². The molecule has 24 heavy (non-hydrogen) atoms. The normalized spacial score (nSPS) is 13.4. The average Bonchev–Trinajstić information content (AvgIpc) is 2.79. The van der Waals surface area contributed by atoms with Crippen molar-refractivity contribution in [2.75, 3.05) is 5.75 Å². The summed E-state index contributed by atoms with van der Waals surface area (Å²) in [4.78, 5) is 34.0. The minimum absolute atomic E-state index is 0.0895. The van der Waals surface area contributed by atoms with E-state index in [2.05, 4.69) is 30.7 Å². The number of nitrogens with one attached hydrogen (secondary N) is 1. The summed E-state index contributed by atoms with van der Waals surface area (Å²) in [7, 11) is 0. The number of fused-ring (bicyclic) bond motifs is 1. The number of H-pyrrole nitrogens is 1. The highest BCUT2D eigenvalue weighted by molar-refractivity contribution is 7.99. The van der Waals surface area contributed by atoms with Gasteiger partial charge in [0.15, 0.2) is 5.16 Å². The lowest BCUT2D eigenvalue weighted by Crippen LogP contribution is -2.22. The number of Topliss-reactive ketones (excluding diaryl/α,β-unsaturated/α-hetero) is 1. The Morgan fingerprint density at radius 2 is 2.04 bits per heavy atom. The number of ketones is 1. The van der Waals surface area contributed by atoms with Crippen LogP contribution in [0.15, 0.2) is 9.95 Å². The molecule has 0 aliphatic carbocycles. The van der Waals surface area contributed by atoms with Crippen LogP contribution in [0.25, 0.3) is 10.2 Å². The van der Waals surface area contributed by atoms with E-state index in [1.165, 1.54) is 11.8 Å². The standard InChI is InChI=1S/C18H26N2O2S2/c1-7-10(2)8-12-11(3)24-16-14(12)15(22)19-17(20-16)23-9-13(21)18(4,5)6/h10H,7-9H2,1-6H3,(H,19,20,22)/t10-/m1/s1. The Kier molecular flexibility index (Phi) is 5.91. The predicted octanol–water partition coefficient (Wildman–Crippen LogP) is 4.59. The van der Waals surface area contributed by atoms with E-state index < -0.39 is 0 Å². The second-order valence-corrected chi connectivity index (χ2v) is 9.53. The highest BCUT2D eigenvalue weighted by Gasteiger charge is 2.22. The number of hydrogen-bond donors (Lipinski definition) is 1. The largest absolute Gasteiger partial charge is 0.301 e. The second-order valence-electron chi connectivity index (χ2n) is 7.37. The van der Waals surface area contributed by atoms with Crippen molar-refractivity contribution in [3.8, 4) is 0 Å². The summed E-state index contributed by atoms with van der Waals surface area (Å²) in [5.41, 5.74) is 0.661. The van der Waals surface area contributed by atoms with Gasteiger partial charge in [-0.1, -0.05) is 52.8 Å². The summed E-state index contributed by atoms with van der Waals surface area (Å²) in [5, 5.41) is 1.26. The number of aryl methyl sites for hydroxylation is 1. The number of thioether (sulfide) groups is 1. The number of rotatable bonds is 6. The van der Waals surface area contributed by atoms with Crippen molar-refractivity contribution in [3.05, 3.63) is 20.8 Å². The molecule has 1 atom stereocenters. The van der Waals surface area contributed by atoms with Crippen LogP contribution in [0.4, 0.5) is 0 Å². The summed E-state index contributed by atoms with van der Waals surface area (Å²) >= 11 is 2.88. The molecule has 4 nitrogen and oxygen atoms in total. The maximum Gasteiger partial charge on any atom is 0.260 e. The number of thiophene rings is 1. The van der Waals surface area contributed by atoms with Crippen LogP contribution in [-0.4, -0.2) is 21.5 Å². The molecule has 0 amide bonds. The Morgan fingerprint density at radius 1 is 1.38 bits per heavy atom. The molecular formula is C18H26N2O2S2. The molecule has 0 aliphatic rings. The first kappa shape index (κ1) is 19.2. The zero-order chi connectivity index (χ0) is 18.1. The monoisotopic (exact) mass is 366 g/mol. The summed E-state index contributed by atoms with van der Waals surface area (Å²) in [6.45, 7) is 12.1. The molecule has 0 saturated heterocycles. The second kappa shape index (κ2) is 7.40. The van der Waals surface area contributed by atoms with Gasteiger partial charge in [0.05, 0.1) is 11.1 Å². The topological polar surface area (TPSA) is 62.8 Å². The van der Waals surface area contributed by atoms with Gasteiger partial charge >= 0.3 is 0 Å². The molecule has 0 saturated carbocycles. The van der Waals surface area contributed by atoms with Gasteiger partial charge in [0.2, 0.25) is 0 Å². The molecule has 0 aliphatic heterocycles. The van der Waals surface area contributed by atoms with Crippen molar-refractivity contribution in [2.45, 2.75) is 59.5 Å². The zero-order valence-electron chi connectivity index (χ0n) is 15.3. The van der Waals surface area contributed by atoms with Gasteiger partial charge in [0, 0.05) is 10.3 Å². The average molecular weight is 367 g/mol. The molecule has 2 heterocycles. The fourth-order valence-electron chi connectivity index (χ4n) is 2.31. The van der Waals surface area contributed by atoms with Crippen LogP contribution in [0.2, 0.25) is 0 Å². The fourth-order valence-corrected chi connectivity index (χ4v) is 4.45. The molecule has 0 spiro atoms. The van der Waals surface area contributed by atoms with E-state index in [1.807, 2.05) is 20.8 Å². The first-order chi connectivity index (χ1) is 11.1. The van der Waals surface area contributed by atoms with E-state index >= 15 is 0 Å². The van der Waals surface area contributed by atoms with Crippen molar-refractivity contribution in [1.82, 2.24) is 9.97 Å². The van der Waals surface area contributed by atoms with Gasteiger partial charge in [-0.2, -0.15) is 0 Å². The maximum atomic E-state index is 12.6. The number of carbonyl (C=O) groups excluding carboxylic acids is 1. The molecule has 0 radical (unpaired) electrons. The van der Waals surface area contributed by atoms with Crippen LogP contribution in [0.3, 0.4) is 0 Å². The number of nitrogens with zero attached hydrogens (tertiary/aromatic N) is 1. The minimum Gasteiger partial charge on any atom is -0.301 e. The first-order valence-corrected chi connectivity index (χ1v) is 10.1. The van der Waals surface area contributed by atoms with Gasteiger partial charge in [-0.25, -0.2) is 4.98 Å². The highest BCUT2D eigenvalue weighted by atomic mass is 32.2. The van der Waals surface area contributed by atoms with Gasteiger partial charge in [-0.3, -0.25) is 9.59 Å². The third-order valence-corrected chi connectivity index (χ3v) is 6.18. The molecule has 0 bridgehead atoms. The molecular weight excluding hydrogens is 340 g/mol. The molecule has 0 unspecified atom stereocenters. The van der Waals surface area contributed by atoms with Gasteiger partial charge < -0.3 is 4.98 Å². The molecule has 132 valence electrons. The summed E-state index contributed by atoms with van der Waals surface area (Å²) in [6, 6.07) is 0. The third kappa shape index (κ3) is 4.28. The molecule has 2 rings (SSSR count). The first-order valence-electron chi connectivity index (χ1n) is 8.31. The van der Waals surface area contributed by atoms with Crippen LogP contribution in [0.5, 0.6) is 0 Å². The lowest BCUT2D eigenvalue weighted by Gasteiger charge is -2.15. The lowest BCUT2D eigenvalue weighted by atomic mass is 9.92. The number of aromatic amines is 1. The van der Waals surface area contributed by atoms with E-state index in [0.29, 0.717) is 16.8 Å². The van der Waals surface area contributed by atoms with Crippen molar-refractivity contribution >= 4 is 39.1 Å². The van der Waals surface area contributed by atoms with E-state index in [9.17, 15) is 9.59 Å². The van der Waals surface area contributed by atoms with Gasteiger partial charge in [-0.05, 0) is 24.8 Å². The predicted molar refractivity (Wildman–Crippen MR) is 103 cm³/mol. The van der Waals surface area contributed by atoms with Gasteiger partial charge in [0.25, 0.3) is 5.56 Å². The van der Waals surface area contributed by atoms with Crippen LogP contribution < -0.4 is 5.56 Å². The molecule has 0 fully saturated rings. The fraction of sp³-hybridized carbons (Fsp3) is 0.611. The van der Waals surface area contributed by atoms with E-state index in [1.54, 1.807) is 11.3 Å². The summed E-state index contributed by atoms with van der Waals surface area (Å²) in [6.07, 6.45) is 1.99. The molecule has 1 N–H and O–H groups in total. The minimum atomic E-state index is -0.375. The Labute approximate surface area is 151 Å². The summed E-state index contributed by atoms with van der Waals surface area (Å²) in [5.74, 6) is 1.01. The highest BCUT2D eigenvalue weighted by Crippen LogP contribution is 2.31. The van der Waals surface area contributed by atoms with Gasteiger partial charge in [0.1, 0.15) is 10.6 Å². The van der Waals surface area contributed by atoms with Crippen LogP contribution in [0, 0.1) is 18.3 Å². The molecule has 0 aromatic carbocycles. The van der Waals surface area contributed by atoms with Crippen molar-refractivity contribution in [2.24, 2.45) is 11.3 Å². The smallest absolute Gasteiger partial charge is 0.260 e. The Bertz CT molecular complexity index is 800. The SMILES string of the molecule is CC[C@@H](C)Cc1c(C)sc2nc(SCC(=O)C(C)(C)C)[nH]c(=O)c12. The molecule has 2 aromatic heterocycles. The maximum absolute atomic E-state index is 12.6. The summed E-state index contributed by atoms with van der Waals surface area (Å²) < 4.78 is 0. The number of aromatic nitrogens is 2. The van der Waals surface area contributed by atoms with Crippen molar-refractivity contribution < 1.29 is 4.79 Å². The quantitative estimate of drug-likeness (QED) is 0.600. The van der Waals surface area contributed by atoms with E-state index in [4.69, 9.17) is 0 Å². The molecule has 6 heteroatoms. The lowest BCUT2D eigenvalue weighted by molar-refractivity contribution is -0.123. The van der Waals surface area contributed by atoms with E-state index in [0.717, 1.165) is 33.5 Å². The Balaban J connectivity index is 2.31. The van der Waals surface area contributed by atoms with Crippen LogP contribution >= 0.6 is 23.1 Å². The Morgan fingerprint density at radius 3 is 2.62 bits per heavy atom. The Hall–Kier alpha value is -1.14. The number of carbonyl (C=O) groups is 1. The zero-order valence-corrected chi connectivity index (χ0v) is 16.9. The molecule has 2 aromatic rings. The van der Waals surface area contributed by atoms with Gasteiger partial charge in [-0.15, -0.1) is 11.3 Å².